The topological polar surface area (TPSA) is 179 Å². The summed E-state index contributed by atoms with van der Waals surface area (Å²) < 4.78 is 0. The van der Waals surface area contributed by atoms with Gasteiger partial charge in [-0.15, -0.1) is 12.4 Å². The minimum Gasteiger partial charge on any atom is -0.508 e. The lowest BCUT2D eigenvalue weighted by molar-refractivity contribution is -0.127. The average molecular weight is 467 g/mol. The van der Waals surface area contributed by atoms with Crippen molar-refractivity contribution in [1.82, 2.24) is 5.32 Å². The zero-order chi connectivity index (χ0) is 22.1. The van der Waals surface area contributed by atoms with Crippen LogP contribution in [-0.4, -0.2) is 40.4 Å². The Hall–Kier alpha value is -3.14. The second kappa shape index (κ2) is 14.0. The third kappa shape index (κ3) is 9.34. The summed E-state index contributed by atoms with van der Waals surface area (Å²) in [5, 5.41) is 14.7. The van der Waals surface area contributed by atoms with Gasteiger partial charge in [-0.2, -0.15) is 0 Å². The number of aryl methyl sites for hydroxylation is 1. The van der Waals surface area contributed by atoms with Gasteiger partial charge in [-0.1, -0.05) is 30.3 Å². The van der Waals surface area contributed by atoms with E-state index in [1.165, 1.54) is 12.1 Å². The zero-order valence-electron chi connectivity index (χ0n) is 17.8. The summed E-state index contributed by atoms with van der Waals surface area (Å²) in [6.07, 6.45) is 1.73. The molecule has 32 heavy (non-hydrogen) atoms. The Morgan fingerprint density at radius 1 is 1.03 bits per heavy atom. The van der Waals surface area contributed by atoms with Crippen LogP contribution in [0.4, 0.5) is 5.69 Å². The molecule has 0 aliphatic carbocycles. The van der Waals surface area contributed by atoms with E-state index in [4.69, 9.17) is 11.5 Å². The summed E-state index contributed by atoms with van der Waals surface area (Å²) in [6.45, 7) is 1.58. The molecular formula is C22H31ClN4O5. The Balaban J connectivity index is 0.00000480. The van der Waals surface area contributed by atoms with Crippen LogP contribution >= 0.6 is 12.4 Å². The molecule has 3 amide bonds. The van der Waals surface area contributed by atoms with Crippen LogP contribution in [0.3, 0.4) is 0 Å². The number of rotatable bonds is 10. The van der Waals surface area contributed by atoms with Gasteiger partial charge >= 0.3 is 0 Å². The maximum absolute atomic E-state index is 12.5. The summed E-state index contributed by atoms with van der Waals surface area (Å²) in [7, 11) is 0. The Kier molecular flexibility index (Phi) is 12.6. The van der Waals surface area contributed by atoms with E-state index in [-0.39, 0.29) is 48.3 Å². The molecule has 0 saturated heterocycles. The molecule has 0 bridgehead atoms. The van der Waals surface area contributed by atoms with E-state index in [0.29, 0.717) is 18.5 Å². The van der Waals surface area contributed by atoms with Crippen molar-refractivity contribution >= 4 is 35.8 Å². The molecule has 9 N–H and O–H groups in total. The molecule has 0 unspecified atom stereocenters. The van der Waals surface area contributed by atoms with Crippen molar-refractivity contribution < 1.29 is 25.0 Å². The van der Waals surface area contributed by atoms with E-state index < -0.39 is 18.0 Å². The van der Waals surface area contributed by atoms with Gasteiger partial charge in [0.05, 0.1) is 6.04 Å². The minimum absolute atomic E-state index is 0. The number of aromatic hydroxyl groups is 1. The first-order valence-corrected chi connectivity index (χ1v) is 9.77. The van der Waals surface area contributed by atoms with E-state index in [2.05, 4.69) is 10.6 Å². The van der Waals surface area contributed by atoms with Crippen molar-refractivity contribution in [2.24, 2.45) is 11.5 Å². The number of hydrogen-bond donors (Lipinski definition) is 5. The van der Waals surface area contributed by atoms with Crippen LogP contribution in [0, 0.1) is 0 Å². The number of para-hydroxylation sites is 1. The predicted octanol–water partition coefficient (Wildman–Crippen LogP) is 0.810. The molecular weight excluding hydrogens is 436 g/mol. The third-order valence-electron chi connectivity index (χ3n) is 4.63. The molecule has 2 aromatic carbocycles. The molecule has 0 fully saturated rings. The molecule has 0 aliphatic rings. The van der Waals surface area contributed by atoms with Gasteiger partial charge in [0.15, 0.2) is 0 Å². The van der Waals surface area contributed by atoms with Crippen LogP contribution in [0.25, 0.3) is 0 Å². The fourth-order valence-electron chi connectivity index (χ4n) is 2.92. The molecule has 0 radical (unpaired) electrons. The molecule has 2 aromatic rings. The standard InChI is InChI=1S/C22H28N4O4.ClH.H2O/c1-14(25-22(30)18(23)13-15-9-11-17(27)12-10-15)21(29)26-19-7-3-2-5-16(19)6-4-8-20(24)28;;/h2-3,5,7,9-12,14,18,27H,4,6,8,13,23H2,1H3,(H2,24,28)(H,25,30)(H,26,29);1H;1H2/t14-,18+;;/m1../s1. The quantitative estimate of drug-likeness (QED) is 0.347. The lowest BCUT2D eigenvalue weighted by Crippen LogP contribution is -2.49. The summed E-state index contributed by atoms with van der Waals surface area (Å²) in [5.41, 5.74) is 13.4. The number of anilines is 1. The van der Waals surface area contributed by atoms with E-state index in [1.54, 1.807) is 31.2 Å². The van der Waals surface area contributed by atoms with E-state index in [1.807, 2.05) is 12.1 Å². The maximum Gasteiger partial charge on any atom is 0.246 e. The second-order valence-electron chi connectivity index (χ2n) is 7.17. The van der Waals surface area contributed by atoms with Crippen LogP contribution in [0.5, 0.6) is 5.75 Å². The second-order valence-corrected chi connectivity index (χ2v) is 7.17. The largest absolute Gasteiger partial charge is 0.508 e. The number of carbonyl (C=O) groups is 3. The van der Waals surface area contributed by atoms with E-state index >= 15 is 0 Å². The smallest absolute Gasteiger partial charge is 0.246 e. The number of phenolic OH excluding ortho intramolecular Hbond substituents is 1. The predicted molar refractivity (Wildman–Crippen MR) is 125 cm³/mol. The molecule has 176 valence electrons. The fraction of sp³-hybridized carbons (Fsp3) is 0.318. The lowest BCUT2D eigenvalue weighted by Gasteiger charge is -2.18. The molecule has 10 heteroatoms. The van der Waals surface area contributed by atoms with Gasteiger partial charge in [0.2, 0.25) is 17.7 Å². The molecule has 0 aromatic heterocycles. The number of primary amides is 1. The number of phenols is 1. The highest BCUT2D eigenvalue weighted by molar-refractivity contribution is 5.98. The van der Waals surface area contributed by atoms with Crippen LogP contribution in [0.1, 0.15) is 30.9 Å². The summed E-state index contributed by atoms with van der Waals surface area (Å²) in [6, 6.07) is 12.1. The number of amides is 3. The number of halogens is 1. The van der Waals surface area contributed by atoms with Gasteiger partial charge in [-0.3, -0.25) is 14.4 Å². The maximum atomic E-state index is 12.5. The van der Waals surface area contributed by atoms with Crippen molar-refractivity contribution in [3.05, 3.63) is 59.7 Å². The van der Waals surface area contributed by atoms with Gasteiger partial charge < -0.3 is 32.7 Å². The fourth-order valence-corrected chi connectivity index (χ4v) is 2.92. The van der Waals surface area contributed by atoms with Crippen molar-refractivity contribution in [1.29, 1.82) is 0 Å². The first-order chi connectivity index (χ1) is 14.3. The highest BCUT2D eigenvalue weighted by Crippen LogP contribution is 2.18. The van der Waals surface area contributed by atoms with Crippen LogP contribution in [-0.2, 0) is 27.2 Å². The molecule has 0 spiro atoms. The summed E-state index contributed by atoms with van der Waals surface area (Å²) in [5.74, 6) is -1.04. The molecule has 2 atom stereocenters. The first-order valence-electron chi connectivity index (χ1n) is 9.77. The SMILES string of the molecule is C[C@@H](NC(=O)[C@@H](N)Cc1ccc(O)cc1)C(=O)Nc1ccccc1CCCC(N)=O.Cl.O. The van der Waals surface area contributed by atoms with Crippen molar-refractivity contribution in [3.63, 3.8) is 0 Å². The number of benzene rings is 2. The molecule has 9 nitrogen and oxygen atoms in total. The Labute approximate surface area is 193 Å². The van der Waals surface area contributed by atoms with Crippen LogP contribution in [0.15, 0.2) is 48.5 Å². The van der Waals surface area contributed by atoms with Crippen LogP contribution < -0.4 is 22.1 Å². The summed E-state index contributed by atoms with van der Waals surface area (Å²) >= 11 is 0. The summed E-state index contributed by atoms with van der Waals surface area (Å²) in [4.78, 5) is 35.8. The third-order valence-corrected chi connectivity index (χ3v) is 4.63. The monoisotopic (exact) mass is 466 g/mol. The molecule has 0 heterocycles. The average Bonchev–Trinajstić information content (AvgIpc) is 2.70. The van der Waals surface area contributed by atoms with Crippen molar-refractivity contribution in [2.75, 3.05) is 5.32 Å². The molecule has 0 aliphatic heterocycles. The Morgan fingerprint density at radius 3 is 2.28 bits per heavy atom. The van der Waals surface area contributed by atoms with Gasteiger partial charge in [-0.25, -0.2) is 0 Å². The van der Waals surface area contributed by atoms with Gasteiger partial charge in [0, 0.05) is 12.1 Å². The Bertz CT molecular complexity index is 892. The first kappa shape index (κ1) is 28.9. The normalized spacial score (nSPS) is 11.8. The van der Waals surface area contributed by atoms with E-state index in [0.717, 1.165) is 11.1 Å². The Morgan fingerprint density at radius 2 is 1.66 bits per heavy atom. The van der Waals surface area contributed by atoms with E-state index in [9.17, 15) is 19.5 Å². The molecule has 0 saturated carbocycles. The van der Waals surface area contributed by atoms with Crippen molar-refractivity contribution in [3.8, 4) is 5.75 Å². The number of carbonyl (C=O) groups excluding carboxylic acids is 3. The number of hydrogen-bond acceptors (Lipinski definition) is 5. The minimum atomic E-state index is -0.828. The van der Waals surface area contributed by atoms with Gasteiger partial charge in [-0.05, 0) is 55.5 Å². The zero-order valence-corrected chi connectivity index (χ0v) is 18.7. The molecule has 2 rings (SSSR count). The number of nitrogens with two attached hydrogens (primary N) is 2. The lowest BCUT2D eigenvalue weighted by atomic mass is 10.0. The van der Waals surface area contributed by atoms with Crippen LogP contribution in [0.2, 0.25) is 0 Å². The van der Waals surface area contributed by atoms with Gasteiger partial charge in [0.1, 0.15) is 11.8 Å². The number of nitrogens with one attached hydrogen (secondary N) is 2. The van der Waals surface area contributed by atoms with Gasteiger partial charge in [0.25, 0.3) is 0 Å². The van der Waals surface area contributed by atoms with Crippen molar-refractivity contribution in [2.45, 2.75) is 44.7 Å². The highest BCUT2D eigenvalue weighted by atomic mass is 35.5. The highest BCUT2D eigenvalue weighted by Gasteiger charge is 2.21.